The van der Waals surface area contributed by atoms with E-state index in [1.54, 1.807) is 48.5 Å². The number of rotatable bonds is 5. The third-order valence-corrected chi connectivity index (χ3v) is 8.53. The molecule has 0 atom stereocenters. The monoisotopic (exact) mass is 642 g/mol. The molecule has 0 aliphatic carbocycles. The van der Waals surface area contributed by atoms with Crippen molar-refractivity contribution in [3.63, 3.8) is 0 Å². The van der Waals surface area contributed by atoms with Gasteiger partial charge in [0.2, 0.25) is 0 Å². The molecule has 10 aromatic rings. The zero-order valence-electron chi connectivity index (χ0n) is 40.3. The molecule has 0 aliphatic rings. The Labute approximate surface area is 303 Å². The van der Waals surface area contributed by atoms with Gasteiger partial charge in [0.15, 0.2) is 0 Å². The van der Waals surface area contributed by atoms with Gasteiger partial charge in [-0.2, -0.15) is 0 Å². The number of hydrogen-bond donors (Lipinski definition) is 0. The molecule has 0 saturated carbocycles. The van der Waals surface area contributed by atoms with Crippen LogP contribution in [0.3, 0.4) is 0 Å². The molecule has 2 aromatic heterocycles. The van der Waals surface area contributed by atoms with Gasteiger partial charge in [0.25, 0.3) is 0 Å². The van der Waals surface area contributed by atoms with Crippen LogP contribution >= 0.6 is 0 Å². The van der Waals surface area contributed by atoms with Gasteiger partial charge in [-0.15, -0.1) is 0 Å². The summed E-state index contributed by atoms with van der Waals surface area (Å²) in [7, 11) is 0. The summed E-state index contributed by atoms with van der Waals surface area (Å²) in [4.78, 5) is 1.28. The molecule has 49 heavy (non-hydrogen) atoms. The van der Waals surface area contributed by atoms with Crippen LogP contribution in [0.25, 0.3) is 76.9 Å². The van der Waals surface area contributed by atoms with Crippen LogP contribution in [0.1, 0.15) is 20.6 Å². The Hall–Kier alpha value is -6.58. The van der Waals surface area contributed by atoms with Gasteiger partial charge in [0.05, 0.1) is 37.3 Å². The van der Waals surface area contributed by atoms with Crippen LogP contribution in [0.15, 0.2) is 184 Å². The predicted molar refractivity (Wildman–Crippen MR) is 204 cm³/mol. The van der Waals surface area contributed by atoms with E-state index in [0.717, 1.165) is 10.8 Å². The summed E-state index contributed by atoms with van der Waals surface area (Å²) in [6.07, 6.45) is 0. The molecule has 0 N–H and O–H groups in total. The second-order valence-electron chi connectivity index (χ2n) is 11.3. The van der Waals surface area contributed by atoms with Gasteiger partial charge >= 0.3 is 0 Å². The molecule has 0 unspecified atom stereocenters. The second kappa shape index (κ2) is 11.0. The van der Waals surface area contributed by atoms with Crippen molar-refractivity contribution in [2.75, 3.05) is 4.90 Å². The molecular formula is C46H29NO2. The molecule has 0 bridgehead atoms. The highest BCUT2D eigenvalue weighted by molar-refractivity contribution is 6.20. The fraction of sp³-hybridized carbons (Fsp3) is 0. The van der Waals surface area contributed by atoms with Crippen molar-refractivity contribution in [1.82, 2.24) is 0 Å². The van der Waals surface area contributed by atoms with Crippen molar-refractivity contribution in [3.05, 3.63) is 176 Å². The number of fused-ring (bicyclic) bond motifs is 8. The van der Waals surface area contributed by atoms with Crippen molar-refractivity contribution < 1.29 is 29.4 Å². The van der Waals surface area contributed by atoms with Crippen molar-refractivity contribution >= 4 is 71.7 Å². The van der Waals surface area contributed by atoms with Crippen molar-refractivity contribution in [2.24, 2.45) is 0 Å². The van der Waals surface area contributed by atoms with E-state index in [9.17, 15) is 9.60 Å². The summed E-state index contributed by atoms with van der Waals surface area (Å²) in [5.41, 5.74) is -1.12. The van der Waals surface area contributed by atoms with E-state index in [1.165, 1.54) is 4.90 Å². The molecule has 0 amide bonds. The summed E-state index contributed by atoms with van der Waals surface area (Å²) < 4.78 is 148. The number of hydrogen-bond acceptors (Lipinski definition) is 3. The number of anilines is 3. The molecule has 10 rings (SSSR count). The normalized spacial score (nSPS) is 16.0. The number of para-hydroxylation sites is 2. The van der Waals surface area contributed by atoms with Crippen LogP contribution in [0, 0.1) is 0 Å². The molecule has 3 heteroatoms. The van der Waals surface area contributed by atoms with E-state index in [-0.39, 0.29) is 33.3 Å². The number of furan rings is 2. The molecule has 0 radical (unpaired) electrons. The lowest BCUT2D eigenvalue weighted by atomic mass is 9.99. The lowest BCUT2D eigenvalue weighted by Gasteiger charge is -2.28. The third-order valence-electron chi connectivity index (χ3n) is 8.53. The lowest BCUT2D eigenvalue weighted by molar-refractivity contribution is 0.669. The third kappa shape index (κ3) is 4.44. The highest BCUT2D eigenvalue weighted by atomic mass is 16.3. The van der Waals surface area contributed by atoms with Crippen LogP contribution in [0.4, 0.5) is 17.1 Å². The highest BCUT2D eigenvalue weighted by Gasteiger charge is 2.22. The standard InChI is InChI=1S/C46H29NO2/c1-2-11-31(12-3-1)35-14-6-8-17-40(35)47(41-18-10-20-43-45(41)39-28-23-32-13-4-5-15-36(32)46(39)49-43)34-25-21-30(22-26-34)33-24-27-38-37-16-7-9-19-42(37)48-44(38)29-33/h1-29H/i6D,7D,8D,9D,14D,16D,17D,19D,21D,22D,24D,25D,26D,27D,29D. The average molecular weight is 643 g/mol. The van der Waals surface area contributed by atoms with E-state index >= 15 is 0 Å². The van der Waals surface area contributed by atoms with Crippen LogP contribution < -0.4 is 4.90 Å². The first-order chi connectivity index (χ1) is 30.6. The topological polar surface area (TPSA) is 29.5 Å². The summed E-state index contributed by atoms with van der Waals surface area (Å²) in [6.45, 7) is 0. The van der Waals surface area contributed by atoms with Crippen molar-refractivity contribution in [2.45, 2.75) is 0 Å². The Kier molecular flexibility index (Phi) is 3.70. The lowest BCUT2D eigenvalue weighted by Crippen LogP contribution is -2.11. The van der Waals surface area contributed by atoms with Gasteiger partial charge in [-0.1, -0.05) is 121 Å². The van der Waals surface area contributed by atoms with E-state index in [4.69, 9.17) is 19.8 Å². The number of nitrogens with zero attached hydrogens (tertiary/aromatic N) is 1. The van der Waals surface area contributed by atoms with Crippen molar-refractivity contribution in [1.29, 1.82) is 0 Å². The van der Waals surface area contributed by atoms with E-state index in [0.29, 0.717) is 27.5 Å². The molecule has 0 fully saturated rings. The maximum atomic E-state index is 9.71. The van der Waals surface area contributed by atoms with E-state index in [1.807, 2.05) is 36.4 Å². The first-order valence-electron chi connectivity index (χ1n) is 22.9. The van der Waals surface area contributed by atoms with E-state index < -0.39 is 113 Å². The van der Waals surface area contributed by atoms with E-state index in [2.05, 4.69) is 0 Å². The van der Waals surface area contributed by atoms with Crippen LogP contribution in [-0.4, -0.2) is 0 Å². The maximum Gasteiger partial charge on any atom is 0.143 e. The largest absolute Gasteiger partial charge is 0.456 e. The molecular weight excluding hydrogens is 599 g/mol. The smallest absolute Gasteiger partial charge is 0.143 e. The Morgan fingerprint density at radius 2 is 1.22 bits per heavy atom. The molecule has 0 aliphatic heterocycles. The first kappa shape index (κ1) is 16.5. The fourth-order valence-corrected chi connectivity index (χ4v) is 6.33. The van der Waals surface area contributed by atoms with Gasteiger partial charge < -0.3 is 13.7 Å². The Morgan fingerprint density at radius 3 is 2.14 bits per heavy atom. The minimum Gasteiger partial charge on any atom is -0.456 e. The fourth-order valence-electron chi connectivity index (χ4n) is 6.33. The van der Waals surface area contributed by atoms with Crippen molar-refractivity contribution in [3.8, 4) is 22.3 Å². The average Bonchev–Trinajstić information content (AvgIpc) is 3.90. The summed E-state index contributed by atoms with van der Waals surface area (Å²) in [6, 6.07) is 15.2. The van der Waals surface area contributed by atoms with Crippen LogP contribution in [-0.2, 0) is 0 Å². The molecule has 8 aromatic carbocycles. The predicted octanol–water partition coefficient (Wildman–Crippen LogP) is 13.4. The summed E-state index contributed by atoms with van der Waals surface area (Å²) in [5.74, 6) is 0. The SMILES string of the molecule is [2H]c1c([2H])c([2H])c(N(c2c([2H])c([2H])c(-c3c([2H])c([2H])c4c(oc5c([2H])c([2H])c([2H])c([2H])c54)c3[2H])c([2H])c2[2H])c2cccc3oc4c5ccccc5ccc4c23)c(-c2ccccc2)c1[2H]. The minimum atomic E-state index is -0.764. The first-order valence-corrected chi connectivity index (χ1v) is 15.4. The summed E-state index contributed by atoms with van der Waals surface area (Å²) in [5, 5.41) is 2.21. The Balaban J connectivity index is 1.34. The molecule has 2 heterocycles. The Morgan fingerprint density at radius 1 is 0.449 bits per heavy atom. The zero-order valence-corrected chi connectivity index (χ0v) is 25.3. The van der Waals surface area contributed by atoms with Gasteiger partial charge in [-0.05, 0) is 76.5 Å². The van der Waals surface area contributed by atoms with Gasteiger partial charge in [0.1, 0.15) is 22.3 Å². The molecule has 230 valence electrons. The zero-order chi connectivity index (χ0) is 45.4. The van der Waals surface area contributed by atoms with Crippen LogP contribution in [0.2, 0.25) is 0 Å². The summed E-state index contributed by atoms with van der Waals surface area (Å²) >= 11 is 0. The van der Waals surface area contributed by atoms with Gasteiger partial charge in [-0.25, -0.2) is 0 Å². The maximum absolute atomic E-state index is 9.71. The quantitative estimate of drug-likeness (QED) is 0.187. The minimum absolute atomic E-state index is 0.00642. The number of benzene rings is 8. The second-order valence-corrected chi connectivity index (χ2v) is 11.3. The van der Waals surface area contributed by atoms with Gasteiger partial charge in [0, 0.05) is 32.8 Å². The Bertz CT molecular complexity index is 3670. The molecule has 0 spiro atoms. The molecule has 0 saturated heterocycles. The van der Waals surface area contributed by atoms with Crippen LogP contribution in [0.5, 0.6) is 0 Å². The highest BCUT2D eigenvalue weighted by Crippen LogP contribution is 2.47. The molecule has 3 nitrogen and oxygen atoms in total. The van der Waals surface area contributed by atoms with Gasteiger partial charge in [-0.3, -0.25) is 0 Å².